The monoisotopic (exact) mass is 384 g/mol. The third-order valence-corrected chi connectivity index (χ3v) is 5.86. The lowest BCUT2D eigenvalue weighted by Gasteiger charge is -2.45. The van der Waals surface area contributed by atoms with Crippen LogP contribution < -0.4 is 4.90 Å². The average Bonchev–Trinajstić information content (AvgIpc) is 3.26. The quantitative estimate of drug-likeness (QED) is 0.583. The summed E-state index contributed by atoms with van der Waals surface area (Å²) in [6, 6.07) is 16.0. The molecule has 6 nitrogen and oxygen atoms in total. The SMILES string of the molecule is CC1CN=C2c3ccccc3N3CCC(c4ccc([N+](=O)[O-])cc4)C3N21.Cl. The molecular formula is C20H21ClN4O2. The van der Waals surface area contributed by atoms with Crippen molar-refractivity contribution >= 4 is 29.6 Å². The maximum atomic E-state index is 11.0. The first kappa shape index (κ1) is 17.8. The molecular weight excluding hydrogens is 364 g/mol. The molecule has 2 aromatic carbocycles. The average molecular weight is 385 g/mol. The Morgan fingerprint density at radius 3 is 2.63 bits per heavy atom. The summed E-state index contributed by atoms with van der Waals surface area (Å²) in [7, 11) is 0. The van der Waals surface area contributed by atoms with Gasteiger partial charge < -0.3 is 9.80 Å². The number of halogens is 1. The van der Waals surface area contributed by atoms with Crippen LogP contribution >= 0.6 is 12.4 Å². The van der Waals surface area contributed by atoms with Crippen LogP contribution in [0.4, 0.5) is 11.4 Å². The molecule has 0 aliphatic carbocycles. The Morgan fingerprint density at radius 2 is 1.89 bits per heavy atom. The summed E-state index contributed by atoms with van der Waals surface area (Å²) in [6.45, 7) is 4.04. The summed E-state index contributed by atoms with van der Waals surface area (Å²) in [4.78, 5) is 20.4. The number of nitro groups is 1. The second-order valence-electron chi connectivity index (χ2n) is 7.29. The van der Waals surface area contributed by atoms with Gasteiger partial charge in [0, 0.05) is 41.9 Å². The van der Waals surface area contributed by atoms with Gasteiger partial charge in [0.25, 0.3) is 5.69 Å². The van der Waals surface area contributed by atoms with Gasteiger partial charge in [-0.25, -0.2) is 0 Å². The fraction of sp³-hybridized carbons (Fsp3) is 0.350. The van der Waals surface area contributed by atoms with E-state index in [1.54, 1.807) is 12.1 Å². The van der Waals surface area contributed by atoms with Gasteiger partial charge in [-0.2, -0.15) is 0 Å². The fourth-order valence-corrected chi connectivity index (χ4v) is 4.69. The predicted molar refractivity (Wildman–Crippen MR) is 108 cm³/mol. The van der Waals surface area contributed by atoms with Gasteiger partial charge in [0.1, 0.15) is 12.0 Å². The van der Waals surface area contributed by atoms with E-state index in [4.69, 9.17) is 4.99 Å². The Labute approximate surface area is 164 Å². The molecule has 0 saturated carbocycles. The van der Waals surface area contributed by atoms with Crippen molar-refractivity contribution in [3.8, 4) is 0 Å². The number of hydrogen-bond donors (Lipinski definition) is 0. The van der Waals surface area contributed by atoms with Crippen molar-refractivity contribution in [2.45, 2.75) is 31.5 Å². The van der Waals surface area contributed by atoms with Crippen molar-refractivity contribution in [2.24, 2.45) is 4.99 Å². The third kappa shape index (κ3) is 2.58. The van der Waals surface area contributed by atoms with Crippen LogP contribution in [0.1, 0.15) is 30.4 Å². The molecule has 5 rings (SSSR count). The zero-order chi connectivity index (χ0) is 17.8. The van der Waals surface area contributed by atoms with Gasteiger partial charge in [-0.15, -0.1) is 12.4 Å². The molecule has 0 N–H and O–H groups in total. The van der Waals surface area contributed by atoms with Crippen molar-refractivity contribution in [1.82, 2.24) is 4.90 Å². The molecule has 0 radical (unpaired) electrons. The first-order chi connectivity index (χ1) is 12.6. The molecule has 0 amide bonds. The van der Waals surface area contributed by atoms with Crippen LogP contribution in [-0.2, 0) is 0 Å². The molecule has 3 aliphatic heterocycles. The van der Waals surface area contributed by atoms with Crippen LogP contribution in [0.15, 0.2) is 53.5 Å². The molecule has 27 heavy (non-hydrogen) atoms. The van der Waals surface area contributed by atoms with Crippen molar-refractivity contribution in [1.29, 1.82) is 0 Å². The number of aliphatic imine (C=N–C) groups is 1. The zero-order valence-corrected chi connectivity index (χ0v) is 15.8. The molecule has 7 heteroatoms. The van der Waals surface area contributed by atoms with Crippen LogP contribution in [0.3, 0.4) is 0 Å². The number of rotatable bonds is 2. The molecule has 3 unspecified atom stereocenters. The van der Waals surface area contributed by atoms with E-state index in [-0.39, 0.29) is 29.2 Å². The van der Waals surface area contributed by atoms with Crippen molar-refractivity contribution in [3.05, 3.63) is 69.8 Å². The van der Waals surface area contributed by atoms with Crippen LogP contribution in [-0.4, -0.2) is 41.0 Å². The minimum Gasteiger partial charge on any atom is -0.350 e. The number of non-ortho nitro benzene ring substituents is 1. The van der Waals surface area contributed by atoms with E-state index < -0.39 is 0 Å². The molecule has 140 valence electrons. The lowest BCUT2D eigenvalue weighted by molar-refractivity contribution is -0.384. The lowest BCUT2D eigenvalue weighted by atomic mass is 9.92. The van der Waals surface area contributed by atoms with E-state index in [0.717, 1.165) is 25.3 Å². The first-order valence-corrected chi connectivity index (χ1v) is 9.08. The van der Waals surface area contributed by atoms with E-state index in [9.17, 15) is 10.1 Å². The number of para-hydroxylation sites is 1. The predicted octanol–water partition coefficient (Wildman–Crippen LogP) is 3.80. The molecule has 1 fully saturated rings. The maximum absolute atomic E-state index is 11.0. The fourth-order valence-electron chi connectivity index (χ4n) is 4.69. The van der Waals surface area contributed by atoms with Crippen LogP contribution in [0, 0.1) is 10.1 Å². The summed E-state index contributed by atoms with van der Waals surface area (Å²) < 4.78 is 0. The van der Waals surface area contributed by atoms with Gasteiger partial charge in [0.2, 0.25) is 0 Å². The summed E-state index contributed by atoms with van der Waals surface area (Å²) in [6.07, 6.45) is 1.26. The molecule has 1 saturated heterocycles. The molecule has 0 aromatic heterocycles. The Hall–Kier alpha value is -2.60. The van der Waals surface area contributed by atoms with E-state index in [1.807, 2.05) is 12.1 Å². The van der Waals surface area contributed by atoms with Crippen LogP contribution in [0.25, 0.3) is 0 Å². The normalized spacial score (nSPS) is 25.2. The molecule has 0 spiro atoms. The minimum absolute atomic E-state index is 0. The highest BCUT2D eigenvalue weighted by Crippen LogP contribution is 2.45. The largest absolute Gasteiger partial charge is 0.350 e. The Kier molecular flexibility index (Phi) is 4.30. The molecule has 3 atom stereocenters. The van der Waals surface area contributed by atoms with Gasteiger partial charge in [-0.3, -0.25) is 15.1 Å². The smallest absolute Gasteiger partial charge is 0.269 e. The number of nitrogens with zero attached hydrogens (tertiary/aromatic N) is 4. The number of nitro benzene ring substituents is 1. The second kappa shape index (κ2) is 6.53. The Morgan fingerprint density at radius 1 is 1.15 bits per heavy atom. The van der Waals surface area contributed by atoms with E-state index in [2.05, 4.69) is 41.0 Å². The summed E-state index contributed by atoms with van der Waals surface area (Å²) in [5.74, 6) is 1.41. The zero-order valence-electron chi connectivity index (χ0n) is 15.0. The molecule has 2 aromatic rings. The maximum Gasteiger partial charge on any atom is 0.269 e. The van der Waals surface area contributed by atoms with Crippen molar-refractivity contribution in [3.63, 3.8) is 0 Å². The van der Waals surface area contributed by atoms with E-state index in [1.165, 1.54) is 16.8 Å². The van der Waals surface area contributed by atoms with Gasteiger partial charge in [-0.05, 0) is 31.0 Å². The number of amidine groups is 1. The highest BCUT2D eigenvalue weighted by Gasteiger charge is 2.48. The lowest BCUT2D eigenvalue weighted by Crippen LogP contribution is -2.55. The van der Waals surface area contributed by atoms with Crippen molar-refractivity contribution < 1.29 is 4.92 Å². The van der Waals surface area contributed by atoms with Crippen LogP contribution in [0.5, 0.6) is 0 Å². The van der Waals surface area contributed by atoms with E-state index >= 15 is 0 Å². The highest BCUT2D eigenvalue weighted by atomic mass is 35.5. The standard InChI is InChI=1S/C20H20N4O2.ClH/c1-13-12-21-19-17-4-2-3-5-18(17)22-11-10-16(20(22)23(13)19)14-6-8-15(9-7-14)24(25)26;/h2-9,13,16,20H,10-12H2,1H3;1H. The van der Waals surface area contributed by atoms with Gasteiger partial charge in [0.15, 0.2) is 0 Å². The second-order valence-corrected chi connectivity index (χ2v) is 7.29. The Bertz CT molecular complexity index is 914. The Balaban J connectivity index is 0.00000180. The third-order valence-electron chi connectivity index (χ3n) is 5.86. The van der Waals surface area contributed by atoms with Gasteiger partial charge in [0.05, 0.1) is 11.5 Å². The van der Waals surface area contributed by atoms with Gasteiger partial charge in [-0.1, -0.05) is 24.3 Å². The first-order valence-electron chi connectivity index (χ1n) is 9.08. The summed E-state index contributed by atoms with van der Waals surface area (Å²) >= 11 is 0. The molecule has 3 heterocycles. The van der Waals surface area contributed by atoms with Crippen LogP contribution in [0.2, 0.25) is 0 Å². The van der Waals surface area contributed by atoms with Gasteiger partial charge >= 0.3 is 0 Å². The highest BCUT2D eigenvalue weighted by molar-refractivity contribution is 6.07. The molecule has 0 bridgehead atoms. The topological polar surface area (TPSA) is 62.0 Å². The summed E-state index contributed by atoms with van der Waals surface area (Å²) in [5, 5.41) is 11.0. The molecule has 3 aliphatic rings. The summed E-state index contributed by atoms with van der Waals surface area (Å²) in [5.41, 5.74) is 3.79. The number of benzene rings is 2. The van der Waals surface area contributed by atoms with E-state index in [0.29, 0.717) is 12.0 Å². The van der Waals surface area contributed by atoms with Crippen molar-refractivity contribution in [2.75, 3.05) is 18.0 Å². The number of hydrogen-bond acceptors (Lipinski definition) is 5. The number of anilines is 1. The minimum atomic E-state index is -0.338. The number of fused-ring (bicyclic) bond motifs is 6.